The number of carbonyl (C=O) groups excluding carboxylic acids is 1. The van der Waals surface area contributed by atoms with E-state index in [1.807, 2.05) is 29.2 Å². The van der Waals surface area contributed by atoms with Crippen molar-refractivity contribution in [2.24, 2.45) is 0 Å². The average Bonchev–Trinajstić information content (AvgIpc) is 2.92. The van der Waals surface area contributed by atoms with Crippen molar-refractivity contribution in [1.82, 2.24) is 20.1 Å². The number of carbonyl (C=O) groups is 1. The molecule has 4 aromatic rings. The number of rotatable bonds is 5. The summed E-state index contributed by atoms with van der Waals surface area (Å²) in [5.41, 5.74) is 1.68. The van der Waals surface area contributed by atoms with Crippen molar-refractivity contribution in [3.8, 4) is 11.8 Å². The van der Waals surface area contributed by atoms with Crippen molar-refractivity contribution >= 4 is 22.5 Å². The van der Waals surface area contributed by atoms with Gasteiger partial charge in [-0.25, -0.2) is 10.1 Å². The van der Waals surface area contributed by atoms with E-state index in [9.17, 15) is 9.59 Å². The summed E-state index contributed by atoms with van der Waals surface area (Å²) in [6.45, 7) is 2.72. The number of fused-ring (bicyclic) bond motifs is 1. The molecule has 0 atom stereocenters. The van der Waals surface area contributed by atoms with Gasteiger partial charge in [-0.1, -0.05) is 18.2 Å². The molecule has 1 fully saturated rings. The molecule has 35 heavy (non-hydrogen) atoms. The van der Waals surface area contributed by atoms with E-state index in [1.165, 1.54) is 0 Å². The molecule has 0 spiro atoms. The van der Waals surface area contributed by atoms with Crippen LogP contribution in [0, 0.1) is 11.3 Å². The Morgan fingerprint density at radius 3 is 2.63 bits per heavy atom. The van der Waals surface area contributed by atoms with Crippen molar-refractivity contribution < 1.29 is 9.53 Å². The molecule has 1 aliphatic heterocycles. The molecule has 0 saturated carbocycles. The first-order valence-electron chi connectivity index (χ1n) is 11.2. The van der Waals surface area contributed by atoms with Gasteiger partial charge in [-0.15, -0.1) is 0 Å². The zero-order valence-electron chi connectivity index (χ0n) is 18.8. The van der Waals surface area contributed by atoms with Gasteiger partial charge in [0.1, 0.15) is 24.2 Å². The SMILES string of the molecule is N#Cc1ccc(N2CCN(C(=O)c3cccc(OCc4cccc5c(=O)[nH]ncc45)c3)CC2)nc1. The van der Waals surface area contributed by atoms with E-state index in [4.69, 9.17) is 10.00 Å². The first-order chi connectivity index (χ1) is 17.1. The number of pyridine rings is 1. The summed E-state index contributed by atoms with van der Waals surface area (Å²) in [4.78, 5) is 33.4. The fraction of sp³-hybridized carbons (Fsp3) is 0.192. The molecule has 5 rings (SSSR count). The minimum atomic E-state index is -0.244. The number of nitriles is 1. The summed E-state index contributed by atoms with van der Waals surface area (Å²) in [5.74, 6) is 1.33. The Morgan fingerprint density at radius 2 is 1.86 bits per heavy atom. The highest BCUT2D eigenvalue weighted by atomic mass is 16.5. The summed E-state index contributed by atoms with van der Waals surface area (Å²) in [7, 11) is 0. The predicted molar refractivity (Wildman–Crippen MR) is 130 cm³/mol. The minimum absolute atomic E-state index is 0.0521. The second kappa shape index (κ2) is 9.65. The highest BCUT2D eigenvalue weighted by Crippen LogP contribution is 2.21. The molecule has 3 heterocycles. The fourth-order valence-corrected chi connectivity index (χ4v) is 4.15. The molecule has 174 valence electrons. The van der Waals surface area contributed by atoms with Crippen molar-refractivity contribution in [2.75, 3.05) is 31.1 Å². The highest BCUT2D eigenvalue weighted by molar-refractivity contribution is 5.94. The van der Waals surface area contributed by atoms with Gasteiger partial charge >= 0.3 is 0 Å². The van der Waals surface area contributed by atoms with Crippen LogP contribution in [0.4, 0.5) is 5.82 Å². The first kappa shape index (κ1) is 22.1. The lowest BCUT2D eigenvalue weighted by molar-refractivity contribution is 0.0746. The van der Waals surface area contributed by atoms with Crippen LogP contribution in [0.5, 0.6) is 5.75 Å². The molecule has 1 saturated heterocycles. The molecule has 0 unspecified atom stereocenters. The maximum Gasteiger partial charge on any atom is 0.272 e. The summed E-state index contributed by atoms with van der Waals surface area (Å²) in [5, 5.41) is 16.5. The second-order valence-corrected chi connectivity index (χ2v) is 8.19. The number of H-pyrrole nitrogens is 1. The number of ether oxygens (including phenoxy) is 1. The molecule has 0 aliphatic carbocycles. The van der Waals surface area contributed by atoms with Gasteiger partial charge in [0.2, 0.25) is 0 Å². The Hall–Kier alpha value is -4.71. The second-order valence-electron chi connectivity index (χ2n) is 8.19. The number of aromatic nitrogens is 3. The van der Waals surface area contributed by atoms with Gasteiger partial charge in [0, 0.05) is 43.3 Å². The Kier molecular flexibility index (Phi) is 6.09. The maximum atomic E-state index is 13.1. The summed E-state index contributed by atoms with van der Waals surface area (Å²) < 4.78 is 5.96. The molecule has 1 amide bonds. The van der Waals surface area contributed by atoms with Crippen LogP contribution in [0.3, 0.4) is 0 Å². The van der Waals surface area contributed by atoms with Gasteiger partial charge in [0.25, 0.3) is 11.5 Å². The van der Waals surface area contributed by atoms with Crippen LogP contribution in [-0.2, 0) is 6.61 Å². The predicted octanol–water partition coefficient (Wildman–Crippen LogP) is 2.73. The molecule has 0 radical (unpaired) electrons. The summed E-state index contributed by atoms with van der Waals surface area (Å²) in [6.07, 6.45) is 3.17. The monoisotopic (exact) mass is 466 g/mol. The molecule has 9 nitrogen and oxygen atoms in total. The molecular weight excluding hydrogens is 444 g/mol. The van der Waals surface area contributed by atoms with Crippen LogP contribution in [0.2, 0.25) is 0 Å². The number of nitrogens with one attached hydrogen (secondary N) is 1. The summed E-state index contributed by atoms with van der Waals surface area (Å²) >= 11 is 0. The Bertz CT molecular complexity index is 1470. The quantitative estimate of drug-likeness (QED) is 0.481. The van der Waals surface area contributed by atoms with E-state index in [0.717, 1.165) is 16.8 Å². The van der Waals surface area contributed by atoms with Crippen molar-refractivity contribution in [3.05, 3.63) is 94.0 Å². The van der Waals surface area contributed by atoms with E-state index in [0.29, 0.717) is 48.4 Å². The lowest BCUT2D eigenvalue weighted by Crippen LogP contribution is -2.49. The smallest absolute Gasteiger partial charge is 0.272 e. The largest absolute Gasteiger partial charge is 0.489 e. The fourth-order valence-electron chi connectivity index (χ4n) is 4.15. The maximum absolute atomic E-state index is 13.1. The normalized spacial score (nSPS) is 13.5. The number of anilines is 1. The van der Waals surface area contributed by atoms with E-state index < -0.39 is 0 Å². The summed E-state index contributed by atoms with van der Waals surface area (Å²) in [6, 6.07) is 18.2. The molecule has 0 bridgehead atoms. The lowest BCUT2D eigenvalue weighted by atomic mass is 10.1. The number of amides is 1. The van der Waals surface area contributed by atoms with Gasteiger partial charge < -0.3 is 14.5 Å². The van der Waals surface area contributed by atoms with Gasteiger partial charge in [0.15, 0.2) is 0 Å². The van der Waals surface area contributed by atoms with Crippen molar-refractivity contribution in [1.29, 1.82) is 5.26 Å². The zero-order chi connectivity index (χ0) is 24.2. The minimum Gasteiger partial charge on any atom is -0.489 e. The van der Waals surface area contributed by atoms with E-state index in [-0.39, 0.29) is 18.1 Å². The van der Waals surface area contributed by atoms with Gasteiger partial charge in [-0.3, -0.25) is 9.59 Å². The van der Waals surface area contributed by atoms with Crippen LogP contribution in [0.1, 0.15) is 21.5 Å². The molecule has 2 aromatic carbocycles. The lowest BCUT2D eigenvalue weighted by Gasteiger charge is -2.35. The van der Waals surface area contributed by atoms with E-state index in [2.05, 4.69) is 26.2 Å². The molecule has 1 N–H and O–H groups in total. The van der Waals surface area contributed by atoms with E-state index >= 15 is 0 Å². The number of benzene rings is 2. The van der Waals surface area contributed by atoms with Gasteiger partial charge in [0.05, 0.1) is 17.1 Å². The van der Waals surface area contributed by atoms with Crippen LogP contribution >= 0.6 is 0 Å². The van der Waals surface area contributed by atoms with Gasteiger partial charge in [-0.2, -0.15) is 10.4 Å². The third-order valence-electron chi connectivity index (χ3n) is 6.04. The number of aromatic amines is 1. The van der Waals surface area contributed by atoms with Crippen LogP contribution in [0.25, 0.3) is 10.8 Å². The van der Waals surface area contributed by atoms with Crippen LogP contribution in [-0.4, -0.2) is 52.2 Å². The third-order valence-corrected chi connectivity index (χ3v) is 6.04. The Balaban J connectivity index is 1.23. The number of hydrogen-bond acceptors (Lipinski definition) is 7. The third kappa shape index (κ3) is 4.68. The molecule has 2 aromatic heterocycles. The number of hydrogen-bond donors (Lipinski definition) is 1. The highest BCUT2D eigenvalue weighted by Gasteiger charge is 2.23. The van der Waals surface area contributed by atoms with Crippen LogP contribution in [0.15, 0.2) is 71.8 Å². The molecular formula is C26H22N6O3. The first-order valence-corrected chi connectivity index (χ1v) is 11.2. The van der Waals surface area contributed by atoms with E-state index in [1.54, 1.807) is 42.7 Å². The molecule has 1 aliphatic rings. The van der Waals surface area contributed by atoms with Gasteiger partial charge in [-0.05, 0) is 42.0 Å². The van der Waals surface area contributed by atoms with Crippen LogP contribution < -0.4 is 15.2 Å². The van der Waals surface area contributed by atoms with Crippen molar-refractivity contribution in [3.63, 3.8) is 0 Å². The molecule has 9 heteroatoms. The Labute approximate surface area is 201 Å². The van der Waals surface area contributed by atoms with Crippen molar-refractivity contribution in [2.45, 2.75) is 6.61 Å². The zero-order valence-corrected chi connectivity index (χ0v) is 18.8. The average molecular weight is 467 g/mol. The number of nitrogens with zero attached hydrogens (tertiary/aromatic N) is 5. The standard InChI is InChI=1S/C26H22N6O3/c27-14-18-7-8-24(28-15-18)31-9-11-32(12-10-31)26(34)19-3-1-5-21(13-19)35-17-20-4-2-6-22-23(20)16-29-30-25(22)33/h1-8,13,15-16H,9-12,17H2,(H,30,33). The topological polar surface area (TPSA) is 115 Å². The number of piperazine rings is 1. The Morgan fingerprint density at radius 1 is 1.03 bits per heavy atom.